The van der Waals surface area contributed by atoms with Crippen LogP contribution in [-0.4, -0.2) is 63.7 Å². The standard InChI is InChI=1S/C20H23F3N4O3/c21-20(22,23)15-24-8-4-9-25(12-11-24)18(29)14-27-17(28)7-10-26(19(27)30)13-16-5-2-1-3-6-16/h1-3,5-7,10H,4,8-9,11-15H2. The van der Waals surface area contributed by atoms with Gasteiger partial charge in [0.1, 0.15) is 6.54 Å². The Kier molecular flexibility index (Phi) is 6.76. The third-order valence-corrected chi connectivity index (χ3v) is 4.97. The molecule has 0 N–H and O–H groups in total. The first-order valence-electron chi connectivity index (χ1n) is 9.64. The number of aromatic nitrogens is 2. The van der Waals surface area contributed by atoms with E-state index in [9.17, 15) is 27.6 Å². The van der Waals surface area contributed by atoms with Crippen molar-refractivity contribution in [1.82, 2.24) is 18.9 Å². The van der Waals surface area contributed by atoms with E-state index >= 15 is 0 Å². The highest BCUT2D eigenvalue weighted by molar-refractivity contribution is 5.76. The van der Waals surface area contributed by atoms with Crippen LogP contribution in [0.5, 0.6) is 0 Å². The summed E-state index contributed by atoms with van der Waals surface area (Å²) in [6, 6.07) is 10.4. The van der Waals surface area contributed by atoms with Crippen molar-refractivity contribution >= 4 is 5.91 Å². The summed E-state index contributed by atoms with van der Waals surface area (Å²) in [4.78, 5) is 40.2. The number of halogens is 3. The van der Waals surface area contributed by atoms with Gasteiger partial charge in [0, 0.05) is 38.4 Å². The molecule has 2 aromatic rings. The lowest BCUT2D eigenvalue weighted by Crippen LogP contribution is -2.45. The van der Waals surface area contributed by atoms with Crippen LogP contribution in [0.2, 0.25) is 0 Å². The first kappa shape index (κ1) is 21.8. The van der Waals surface area contributed by atoms with Crippen LogP contribution >= 0.6 is 0 Å². The van der Waals surface area contributed by atoms with Crippen LogP contribution in [0.25, 0.3) is 0 Å². The van der Waals surface area contributed by atoms with Crippen LogP contribution in [0, 0.1) is 0 Å². The van der Waals surface area contributed by atoms with Gasteiger partial charge in [0.05, 0.1) is 13.1 Å². The van der Waals surface area contributed by atoms with Crippen LogP contribution in [0.15, 0.2) is 52.2 Å². The van der Waals surface area contributed by atoms with Crippen LogP contribution < -0.4 is 11.2 Å². The first-order chi connectivity index (χ1) is 14.2. The van der Waals surface area contributed by atoms with Gasteiger partial charge in [-0.05, 0) is 12.0 Å². The maximum atomic E-state index is 12.7. The molecule has 1 fully saturated rings. The number of benzene rings is 1. The minimum absolute atomic E-state index is 0.0905. The number of nitrogens with zero attached hydrogens (tertiary/aromatic N) is 4. The summed E-state index contributed by atoms with van der Waals surface area (Å²) in [6.07, 6.45) is -2.51. The Morgan fingerprint density at radius 2 is 1.70 bits per heavy atom. The first-order valence-corrected chi connectivity index (χ1v) is 9.64. The Hall–Kier alpha value is -2.88. The number of hydrogen-bond acceptors (Lipinski definition) is 4. The lowest BCUT2D eigenvalue weighted by atomic mass is 10.2. The van der Waals surface area contributed by atoms with Crippen LogP contribution in [0.4, 0.5) is 13.2 Å². The number of rotatable bonds is 5. The smallest absolute Gasteiger partial charge is 0.340 e. The molecule has 3 rings (SSSR count). The van der Waals surface area contributed by atoms with Crippen molar-refractivity contribution in [3.63, 3.8) is 0 Å². The molecule has 1 aliphatic rings. The summed E-state index contributed by atoms with van der Waals surface area (Å²) in [5.41, 5.74) is -0.326. The molecule has 1 aliphatic heterocycles. The molecule has 7 nitrogen and oxygen atoms in total. The molecule has 162 valence electrons. The molecule has 0 saturated carbocycles. The summed E-state index contributed by atoms with van der Waals surface area (Å²) in [5.74, 6) is -0.458. The fourth-order valence-electron chi connectivity index (χ4n) is 3.47. The lowest BCUT2D eigenvalue weighted by molar-refractivity contribution is -0.145. The summed E-state index contributed by atoms with van der Waals surface area (Å²) in [5, 5.41) is 0. The predicted octanol–water partition coefficient (Wildman–Crippen LogP) is 1.15. The zero-order valence-corrected chi connectivity index (χ0v) is 16.3. The molecule has 1 aromatic carbocycles. The molecule has 0 radical (unpaired) electrons. The number of amides is 1. The van der Waals surface area contributed by atoms with Crippen molar-refractivity contribution in [1.29, 1.82) is 0 Å². The molecule has 0 bridgehead atoms. The maximum Gasteiger partial charge on any atom is 0.401 e. The molecular formula is C20H23F3N4O3. The van der Waals surface area contributed by atoms with Crippen molar-refractivity contribution in [3.8, 4) is 0 Å². The van der Waals surface area contributed by atoms with Gasteiger partial charge in [-0.3, -0.25) is 23.6 Å². The van der Waals surface area contributed by atoms with Crippen LogP contribution in [-0.2, 0) is 17.9 Å². The largest absolute Gasteiger partial charge is 0.401 e. The lowest BCUT2D eigenvalue weighted by Gasteiger charge is -2.23. The maximum absolute atomic E-state index is 12.7. The molecule has 30 heavy (non-hydrogen) atoms. The van der Waals surface area contributed by atoms with Crippen molar-refractivity contribution in [3.05, 3.63) is 69.0 Å². The average molecular weight is 424 g/mol. The summed E-state index contributed by atoms with van der Waals surface area (Å²) < 4.78 is 40.0. The van der Waals surface area contributed by atoms with Crippen molar-refractivity contribution in [2.45, 2.75) is 25.7 Å². The highest BCUT2D eigenvalue weighted by atomic mass is 19.4. The number of hydrogen-bond donors (Lipinski definition) is 0. The minimum atomic E-state index is -4.29. The fourth-order valence-corrected chi connectivity index (χ4v) is 3.47. The Balaban J connectivity index is 1.70. The van der Waals surface area contributed by atoms with Gasteiger partial charge in [0.15, 0.2) is 0 Å². The SMILES string of the molecule is O=C(Cn1c(=O)ccn(Cc2ccccc2)c1=O)N1CCCN(CC(F)(F)F)CC1. The van der Waals surface area contributed by atoms with Gasteiger partial charge in [-0.25, -0.2) is 4.79 Å². The van der Waals surface area contributed by atoms with Gasteiger partial charge in [-0.2, -0.15) is 13.2 Å². The number of alkyl halides is 3. The molecule has 0 unspecified atom stereocenters. The molecule has 1 aromatic heterocycles. The number of carbonyl (C=O) groups excluding carboxylic acids is 1. The Bertz CT molecular complexity index is 985. The summed E-state index contributed by atoms with van der Waals surface area (Å²) in [6.45, 7) is -0.471. The van der Waals surface area contributed by atoms with Gasteiger partial charge < -0.3 is 4.90 Å². The van der Waals surface area contributed by atoms with E-state index in [1.807, 2.05) is 30.3 Å². The Morgan fingerprint density at radius 1 is 0.967 bits per heavy atom. The minimum Gasteiger partial charge on any atom is -0.340 e. The van der Waals surface area contributed by atoms with E-state index in [0.717, 1.165) is 10.1 Å². The third-order valence-electron chi connectivity index (χ3n) is 4.97. The Labute approximate surface area is 170 Å². The van der Waals surface area contributed by atoms with E-state index < -0.39 is 36.4 Å². The summed E-state index contributed by atoms with van der Waals surface area (Å²) >= 11 is 0. The Morgan fingerprint density at radius 3 is 2.40 bits per heavy atom. The van der Waals surface area contributed by atoms with E-state index in [0.29, 0.717) is 6.42 Å². The van der Waals surface area contributed by atoms with Crippen LogP contribution in [0.1, 0.15) is 12.0 Å². The van der Waals surface area contributed by atoms with Gasteiger partial charge >= 0.3 is 11.9 Å². The van der Waals surface area contributed by atoms with E-state index in [1.165, 1.54) is 26.6 Å². The van der Waals surface area contributed by atoms with Gasteiger partial charge in [0.25, 0.3) is 5.56 Å². The highest BCUT2D eigenvalue weighted by Crippen LogP contribution is 2.17. The molecule has 1 saturated heterocycles. The van der Waals surface area contributed by atoms with Crippen LogP contribution in [0.3, 0.4) is 0 Å². The quantitative estimate of drug-likeness (QED) is 0.723. The molecule has 1 amide bonds. The second-order valence-corrected chi connectivity index (χ2v) is 7.26. The average Bonchev–Trinajstić information content (AvgIpc) is 2.92. The van der Waals surface area contributed by atoms with Gasteiger partial charge in [-0.1, -0.05) is 30.3 Å². The normalized spacial score (nSPS) is 15.8. The number of carbonyl (C=O) groups is 1. The zero-order valence-electron chi connectivity index (χ0n) is 16.3. The predicted molar refractivity (Wildman–Crippen MR) is 104 cm³/mol. The molecule has 2 heterocycles. The van der Waals surface area contributed by atoms with E-state index in [2.05, 4.69) is 0 Å². The topological polar surface area (TPSA) is 67.5 Å². The van der Waals surface area contributed by atoms with Crippen molar-refractivity contribution in [2.75, 3.05) is 32.7 Å². The second kappa shape index (κ2) is 9.29. The highest BCUT2D eigenvalue weighted by Gasteiger charge is 2.32. The van der Waals surface area contributed by atoms with Gasteiger partial charge in [-0.15, -0.1) is 0 Å². The monoisotopic (exact) mass is 424 g/mol. The second-order valence-electron chi connectivity index (χ2n) is 7.26. The van der Waals surface area contributed by atoms with Gasteiger partial charge in [0.2, 0.25) is 5.91 Å². The molecule has 0 atom stereocenters. The van der Waals surface area contributed by atoms with E-state index in [4.69, 9.17) is 0 Å². The molecule has 10 heteroatoms. The zero-order chi connectivity index (χ0) is 21.7. The summed E-state index contributed by atoms with van der Waals surface area (Å²) in [7, 11) is 0. The third kappa shape index (κ3) is 5.82. The van der Waals surface area contributed by atoms with Crippen molar-refractivity contribution < 1.29 is 18.0 Å². The van der Waals surface area contributed by atoms with Crippen molar-refractivity contribution in [2.24, 2.45) is 0 Å². The fraction of sp³-hybridized carbons (Fsp3) is 0.450. The molecular weight excluding hydrogens is 401 g/mol. The molecule has 0 spiro atoms. The molecule has 0 aliphatic carbocycles. The van der Waals surface area contributed by atoms with E-state index in [1.54, 1.807) is 0 Å². The van der Waals surface area contributed by atoms with E-state index in [-0.39, 0.29) is 32.7 Å².